The third-order valence-electron chi connectivity index (χ3n) is 4.22. The number of carbonyl (C=O) groups excluding carboxylic acids is 1. The molecule has 24 heavy (non-hydrogen) atoms. The molecule has 0 spiro atoms. The van der Waals surface area contributed by atoms with Crippen molar-refractivity contribution in [2.24, 2.45) is 11.7 Å². The summed E-state index contributed by atoms with van der Waals surface area (Å²) in [4.78, 5) is 17.6. The van der Waals surface area contributed by atoms with E-state index in [4.69, 9.17) is 19.7 Å². The number of amides is 1. The van der Waals surface area contributed by atoms with Crippen LogP contribution in [0.5, 0.6) is 11.5 Å². The molecular weight excluding hydrogens is 312 g/mol. The molecular formula is C16H20N4O4. The van der Waals surface area contributed by atoms with Crippen molar-refractivity contribution in [3.05, 3.63) is 18.2 Å². The first-order valence-corrected chi connectivity index (χ1v) is 7.72. The Morgan fingerprint density at radius 3 is 2.58 bits per heavy atom. The zero-order valence-corrected chi connectivity index (χ0v) is 13.7. The largest absolute Gasteiger partial charge is 0.493 e. The van der Waals surface area contributed by atoms with Gasteiger partial charge in [0, 0.05) is 24.6 Å². The van der Waals surface area contributed by atoms with Gasteiger partial charge in [0.05, 0.1) is 14.2 Å². The van der Waals surface area contributed by atoms with Gasteiger partial charge in [-0.1, -0.05) is 5.16 Å². The van der Waals surface area contributed by atoms with Crippen LogP contribution in [0.4, 0.5) is 6.01 Å². The fraction of sp³-hybridized carbons (Fsp3) is 0.438. The molecule has 1 aliphatic rings. The second-order valence-corrected chi connectivity index (χ2v) is 5.63. The van der Waals surface area contributed by atoms with Crippen LogP contribution in [0.25, 0.3) is 11.4 Å². The van der Waals surface area contributed by atoms with Gasteiger partial charge in [-0.2, -0.15) is 4.98 Å². The van der Waals surface area contributed by atoms with Crippen LogP contribution in [0.2, 0.25) is 0 Å². The molecule has 3 rings (SSSR count). The highest BCUT2D eigenvalue weighted by Gasteiger charge is 2.26. The molecule has 0 atom stereocenters. The molecule has 1 saturated heterocycles. The predicted molar refractivity (Wildman–Crippen MR) is 87.0 cm³/mol. The molecule has 1 aromatic heterocycles. The Morgan fingerprint density at radius 2 is 1.96 bits per heavy atom. The van der Waals surface area contributed by atoms with E-state index >= 15 is 0 Å². The topological polar surface area (TPSA) is 104 Å². The number of hydrogen-bond donors (Lipinski definition) is 1. The Kier molecular flexibility index (Phi) is 4.54. The molecule has 8 nitrogen and oxygen atoms in total. The van der Waals surface area contributed by atoms with Gasteiger partial charge in [-0.15, -0.1) is 0 Å². The van der Waals surface area contributed by atoms with E-state index in [9.17, 15) is 4.79 Å². The number of primary amides is 1. The molecule has 2 aromatic rings. The van der Waals surface area contributed by atoms with E-state index in [-0.39, 0.29) is 11.8 Å². The van der Waals surface area contributed by atoms with Gasteiger partial charge in [-0.05, 0) is 31.0 Å². The number of rotatable bonds is 5. The highest BCUT2D eigenvalue weighted by molar-refractivity contribution is 5.76. The monoisotopic (exact) mass is 332 g/mol. The summed E-state index contributed by atoms with van der Waals surface area (Å²) in [5.74, 6) is 1.39. The Bertz CT molecular complexity index is 723. The zero-order valence-electron chi connectivity index (χ0n) is 13.7. The Labute approximate surface area is 139 Å². The number of nitrogens with zero attached hydrogens (tertiary/aromatic N) is 3. The standard InChI is InChI=1S/C16H20N4O4/c1-22-12-4-3-11(9-13(12)23-2)15-18-16(24-19-15)20-7-5-10(6-8-20)14(17)21/h3-4,9-10H,5-8H2,1-2H3,(H2,17,21). The van der Waals surface area contributed by atoms with Gasteiger partial charge in [-0.25, -0.2) is 0 Å². The minimum atomic E-state index is -0.244. The van der Waals surface area contributed by atoms with Gasteiger partial charge >= 0.3 is 6.01 Å². The zero-order chi connectivity index (χ0) is 17.1. The van der Waals surface area contributed by atoms with Crippen molar-refractivity contribution >= 4 is 11.9 Å². The van der Waals surface area contributed by atoms with Crippen LogP contribution in [0.1, 0.15) is 12.8 Å². The van der Waals surface area contributed by atoms with E-state index < -0.39 is 0 Å². The molecule has 2 N–H and O–H groups in total. The lowest BCUT2D eigenvalue weighted by atomic mass is 9.97. The van der Waals surface area contributed by atoms with Crippen molar-refractivity contribution in [1.29, 1.82) is 0 Å². The van der Waals surface area contributed by atoms with E-state index in [0.29, 0.717) is 49.3 Å². The lowest BCUT2D eigenvalue weighted by Gasteiger charge is -2.28. The molecule has 1 aromatic carbocycles. The van der Waals surface area contributed by atoms with Crippen molar-refractivity contribution in [2.75, 3.05) is 32.2 Å². The summed E-state index contributed by atoms with van der Waals surface area (Å²) in [6.07, 6.45) is 1.40. The number of hydrogen-bond acceptors (Lipinski definition) is 7. The lowest BCUT2D eigenvalue weighted by Crippen LogP contribution is -2.38. The number of ether oxygens (including phenoxy) is 2. The van der Waals surface area contributed by atoms with Crippen molar-refractivity contribution < 1.29 is 18.8 Å². The fourth-order valence-electron chi connectivity index (χ4n) is 2.79. The van der Waals surface area contributed by atoms with Crippen molar-refractivity contribution in [3.8, 4) is 22.9 Å². The van der Waals surface area contributed by atoms with E-state index in [1.807, 2.05) is 11.0 Å². The molecule has 0 saturated carbocycles. The maximum atomic E-state index is 11.2. The summed E-state index contributed by atoms with van der Waals surface area (Å²) in [7, 11) is 3.16. The van der Waals surface area contributed by atoms with E-state index in [2.05, 4.69) is 10.1 Å². The molecule has 128 valence electrons. The SMILES string of the molecule is COc1ccc(-c2noc(N3CCC(C(N)=O)CC3)n2)cc1OC. The average Bonchev–Trinajstić information content (AvgIpc) is 3.11. The minimum Gasteiger partial charge on any atom is -0.493 e. The summed E-state index contributed by atoms with van der Waals surface area (Å²) in [6.45, 7) is 1.34. The molecule has 1 fully saturated rings. The first-order chi connectivity index (χ1) is 11.6. The van der Waals surface area contributed by atoms with Crippen LogP contribution in [-0.4, -0.2) is 43.4 Å². The van der Waals surface area contributed by atoms with E-state index in [0.717, 1.165) is 5.56 Å². The molecule has 1 aliphatic heterocycles. The van der Waals surface area contributed by atoms with Crippen LogP contribution in [0.3, 0.4) is 0 Å². The molecule has 0 aliphatic carbocycles. The first-order valence-electron chi connectivity index (χ1n) is 7.72. The summed E-state index contributed by atoms with van der Waals surface area (Å²) in [5.41, 5.74) is 6.12. The summed E-state index contributed by atoms with van der Waals surface area (Å²) < 4.78 is 15.9. The average molecular weight is 332 g/mol. The smallest absolute Gasteiger partial charge is 0.324 e. The number of aromatic nitrogens is 2. The van der Waals surface area contributed by atoms with Gasteiger partial charge in [0.1, 0.15) is 0 Å². The summed E-state index contributed by atoms with van der Waals surface area (Å²) >= 11 is 0. The van der Waals surface area contributed by atoms with Crippen molar-refractivity contribution in [3.63, 3.8) is 0 Å². The maximum absolute atomic E-state index is 11.2. The van der Waals surface area contributed by atoms with Gasteiger partial charge in [0.15, 0.2) is 11.5 Å². The summed E-state index contributed by atoms with van der Waals surface area (Å²) in [6, 6.07) is 5.88. The molecule has 0 radical (unpaired) electrons. The third kappa shape index (κ3) is 3.12. The maximum Gasteiger partial charge on any atom is 0.324 e. The number of benzene rings is 1. The minimum absolute atomic E-state index is 0.0745. The predicted octanol–water partition coefficient (Wildman–Crippen LogP) is 1.46. The highest BCUT2D eigenvalue weighted by Crippen LogP contribution is 2.32. The van der Waals surface area contributed by atoms with Crippen LogP contribution >= 0.6 is 0 Å². The van der Waals surface area contributed by atoms with Gasteiger partial charge < -0.3 is 24.6 Å². The summed E-state index contributed by atoms with van der Waals surface area (Å²) in [5, 5.41) is 4.03. The second kappa shape index (κ2) is 6.77. The molecule has 0 bridgehead atoms. The van der Waals surface area contributed by atoms with Gasteiger partial charge in [0.25, 0.3) is 0 Å². The number of nitrogens with two attached hydrogens (primary N) is 1. The number of piperidine rings is 1. The van der Waals surface area contributed by atoms with E-state index in [1.54, 1.807) is 26.4 Å². The molecule has 2 heterocycles. The molecule has 8 heteroatoms. The quantitative estimate of drug-likeness (QED) is 0.883. The van der Waals surface area contributed by atoms with Crippen LogP contribution in [0.15, 0.2) is 22.7 Å². The fourth-order valence-corrected chi connectivity index (χ4v) is 2.79. The van der Waals surface area contributed by atoms with Crippen molar-refractivity contribution in [1.82, 2.24) is 10.1 Å². The Balaban J connectivity index is 1.75. The first kappa shape index (κ1) is 16.1. The van der Waals surface area contributed by atoms with Crippen LogP contribution in [0, 0.1) is 5.92 Å². The highest BCUT2D eigenvalue weighted by atomic mass is 16.5. The normalized spacial score (nSPS) is 15.3. The number of anilines is 1. The van der Waals surface area contributed by atoms with Crippen molar-refractivity contribution in [2.45, 2.75) is 12.8 Å². The van der Waals surface area contributed by atoms with Crippen LogP contribution in [-0.2, 0) is 4.79 Å². The van der Waals surface area contributed by atoms with Crippen LogP contribution < -0.4 is 20.1 Å². The second-order valence-electron chi connectivity index (χ2n) is 5.63. The third-order valence-corrected chi connectivity index (χ3v) is 4.22. The lowest BCUT2D eigenvalue weighted by molar-refractivity contribution is -0.122. The van der Waals surface area contributed by atoms with Gasteiger partial charge in [0.2, 0.25) is 11.7 Å². The Morgan fingerprint density at radius 1 is 1.25 bits per heavy atom. The number of methoxy groups -OCH3 is 2. The molecule has 0 unspecified atom stereocenters. The van der Waals surface area contributed by atoms with E-state index in [1.165, 1.54) is 0 Å². The molecule has 1 amide bonds. The van der Waals surface area contributed by atoms with Gasteiger partial charge in [-0.3, -0.25) is 4.79 Å². The number of carbonyl (C=O) groups is 1. The Hall–Kier alpha value is -2.77.